The predicted octanol–water partition coefficient (Wildman–Crippen LogP) is 4.22. The molecule has 0 heterocycles. The fourth-order valence-corrected chi connectivity index (χ4v) is 1.61. The SMILES string of the molecule is O=Cc1cccc(Cl)c1Oc1cc(F)ccc1F. The number of hydrogen-bond donors (Lipinski definition) is 0. The molecule has 0 saturated heterocycles. The Kier molecular flexibility index (Phi) is 3.58. The van der Waals surface area contributed by atoms with Gasteiger partial charge in [0.1, 0.15) is 5.82 Å². The number of hydrogen-bond acceptors (Lipinski definition) is 2. The first-order valence-corrected chi connectivity index (χ1v) is 5.36. The van der Waals surface area contributed by atoms with Crippen LogP contribution in [0.15, 0.2) is 36.4 Å². The van der Waals surface area contributed by atoms with Gasteiger partial charge in [0.2, 0.25) is 0 Å². The molecule has 0 aliphatic rings. The molecule has 2 aromatic carbocycles. The van der Waals surface area contributed by atoms with Crippen molar-refractivity contribution in [2.24, 2.45) is 0 Å². The normalized spacial score (nSPS) is 10.2. The highest BCUT2D eigenvalue weighted by Crippen LogP contribution is 2.33. The van der Waals surface area contributed by atoms with Gasteiger partial charge in [-0.05, 0) is 24.3 Å². The summed E-state index contributed by atoms with van der Waals surface area (Å²) in [6.07, 6.45) is 0.526. The number of ether oxygens (including phenoxy) is 1. The zero-order chi connectivity index (χ0) is 13.1. The molecule has 0 radical (unpaired) electrons. The van der Waals surface area contributed by atoms with Crippen molar-refractivity contribution in [2.45, 2.75) is 0 Å². The van der Waals surface area contributed by atoms with Gasteiger partial charge in [0.05, 0.1) is 10.6 Å². The van der Waals surface area contributed by atoms with Crippen molar-refractivity contribution in [3.63, 3.8) is 0 Å². The molecule has 0 saturated carbocycles. The van der Waals surface area contributed by atoms with Crippen LogP contribution in [0.1, 0.15) is 10.4 Å². The van der Waals surface area contributed by atoms with Gasteiger partial charge in [0, 0.05) is 6.07 Å². The van der Waals surface area contributed by atoms with Crippen molar-refractivity contribution in [3.8, 4) is 11.5 Å². The molecule has 2 aromatic rings. The quantitative estimate of drug-likeness (QED) is 0.779. The largest absolute Gasteiger partial charge is 0.452 e. The molecule has 0 bridgehead atoms. The molecule has 0 aliphatic heterocycles. The molecule has 0 atom stereocenters. The average Bonchev–Trinajstić information content (AvgIpc) is 2.36. The third kappa shape index (κ3) is 2.49. The second kappa shape index (κ2) is 5.14. The molecule has 18 heavy (non-hydrogen) atoms. The number of aldehydes is 1. The highest BCUT2D eigenvalue weighted by molar-refractivity contribution is 6.32. The summed E-state index contributed by atoms with van der Waals surface area (Å²) in [4.78, 5) is 10.8. The minimum Gasteiger partial charge on any atom is -0.452 e. The Bertz CT molecular complexity index is 600. The molecule has 5 heteroatoms. The van der Waals surface area contributed by atoms with Crippen molar-refractivity contribution >= 4 is 17.9 Å². The van der Waals surface area contributed by atoms with Crippen LogP contribution in [0.5, 0.6) is 11.5 Å². The zero-order valence-corrected chi connectivity index (χ0v) is 9.75. The monoisotopic (exact) mass is 268 g/mol. The maximum absolute atomic E-state index is 13.4. The zero-order valence-electron chi connectivity index (χ0n) is 8.99. The molecule has 2 nitrogen and oxygen atoms in total. The molecule has 92 valence electrons. The van der Waals surface area contributed by atoms with Crippen molar-refractivity contribution in [3.05, 3.63) is 58.6 Å². The van der Waals surface area contributed by atoms with E-state index in [0.717, 1.165) is 18.2 Å². The Balaban J connectivity index is 2.45. The van der Waals surface area contributed by atoms with Crippen molar-refractivity contribution < 1.29 is 18.3 Å². The Hall–Kier alpha value is -1.94. The van der Waals surface area contributed by atoms with Crippen molar-refractivity contribution in [2.75, 3.05) is 0 Å². The van der Waals surface area contributed by atoms with E-state index < -0.39 is 11.6 Å². The number of carbonyl (C=O) groups excluding carboxylic acids is 1. The lowest BCUT2D eigenvalue weighted by molar-refractivity contribution is 0.112. The minimum absolute atomic E-state index is 0.00123. The summed E-state index contributed by atoms with van der Waals surface area (Å²) in [5.74, 6) is -1.72. The molecule has 0 amide bonds. The maximum Gasteiger partial charge on any atom is 0.166 e. The van der Waals surface area contributed by atoms with Gasteiger partial charge in [-0.15, -0.1) is 0 Å². The van der Waals surface area contributed by atoms with Crippen molar-refractivity contribution in [1.82, 2.24) is 0 Å². The maximum atomic E-state index is 13.4. The first-order chi connectivity index (χ1) is 8.61. The standard InChI is InChI=1S/C13H7ClF2O2/c14-10-3-1-2-8(7-17)13(10)18-12-6-9(15)4-5-11(12)16/h1-7H. The Morgan fingerprint density at radius 2 is 1.94 bits per heavy atom. The van der Waals surface area contributed by atoms with Crippen LogP contribution in [0.3, 0.4) is 0 Å². The number of halogens is 3. The smallest absolute Gasteiger partial charge is 0.166 e. The molecular weight excluding hydrogens is 262 g/mol. The summed E-state index contributed by atoms with van der Waals surface area (Å²) in [5.41, 5.74) is 0.158. The summed E-state index contributed by atoms with van der Waals surface area (Å²) in [6, 6.07) is 7.29. The fourth-order valence-electron chi connectivity index (χ4n) is 1.39. The lowest BCUT2D eigenvalue weighted by Crippen LogP contribution is -1.94. The van der Waals surface area contributed by atoms with E-state index in [-0.39, 0.29) is 22.1 Å². The van der Waals surface area contributed by atoms with Crippen LogP contribution in [-0.4, -0.2) is 6.29 Å². The number of para-hydroxylation sites is 1. The first-order valence-electron chi connectivity index (χ1n) is 4.98. The Morgan fingerprint density at radius 1 is 1.17 bits per heavy atom. The topological polar surface area (TPSA) is 26.3 Å². The number of benzene rings is 2. The van der Waals surface area contributed by atoms with E-state index in [1.807, 2.05) is 0 Å². The van der Waals surface area contributed by atoms with E-state index >= 15 is 0 Å². The van der Waals surface area contributed by atoms with Crippen LogP contribution in [-0.2, 0) is 0 Å². The van der Waals surface area contributed by atoms with E-state index in [0.29, 0.717) is 6.29 Å². The fraction of sp³-hybridized carbons (Fsp3) is 0. The van der Waals surface area contributed by atoms with Crippen LogP contribution in [0, 0.1) is 11.6 Å². The third-order valence-corrected chi connectivity index (χ3v) is 2.53. The second-order valence-electron chi connectivity index (χ2n) is 3.45. The summed E-state index contributed by atoms with van der Waals surface area (Å²) < 4.78 is 31.5. The molecule has 0 aliphatic carbocycles. The minimum atomic E-state index is -0.742. The Morgan fingerprint density at radius 3 is 2.67 bits per heavy atom. The second-order valence-corrected chi connectivity index (χ2v) is 3.86. The lowest BCUT2D eigenvalue weighted by Gasteiger charge is -2.10. The number of rotatable bonds is 3. The lowest BCUT2D eigenvalue weighted by atomic mass is 10.2. The molecule has 0 fully saturated rings. The average molecular weight is 269 g/mol. The van der Waals surface area contributed by atoms with E-state index in [4.69, 9.17) is 16.3 Å². The van der Waals surface area contributed by atoms with Crippen LogP contribution < -0.4 is 4.74 Å². The number of carbonyl (C=O) groups is 1. The van der Waals surface area contributed by atoms with Crippen LogP contribution in [0.25, 0.3) is 0 Å². The van der Waals surface area contributed by atoms with E-state index in [1.54, 1.807) is 6.07 Å². The summed E-state index contributed by atoms with van der Waals surface area (Å²) in [6.45, 7) is 0. The molecule has 2 rings (SSSR count). The van der Waals surface area contributed by atoms with Gasteiger partial charge < -0.3 is 4.74 Å². The van der Waals surface area contributed by atoms with Crippen LogP contribution >= 0.6 is 11.6 Å². The van der Waals surface area contributed by atoms with E-state index in [9.17, 15) is 13.6 Å². The van der Waals surface area contributed by atoms with Gasteiger partial charge in [-0.1, -0.05) is 17.7 Å². The molecule has 0 N–H and O–H groups in total. The Labute approximate surface area is 107 Å². The molecule has 0 unspecified atom stereocenters. The first kappa shape index (κ1) is 12.5. The van der Waals surface area contributed by atoms with Crippen molar-refractivity contribution in [1.29, 1.82) is 0 Å². The summed E-state index contributed by atoms with van der Waals surface area (Å²) in [7, 11) is 0. The summed E-state index contributed by atoms with van der Waals surface area (Å²) in [5, 5.41) is 0.142. The highest BCUT2D eigenvalue weighted by atomic mass is 35.5. The third-order valence-electron chi connectivity index (χ3n) is 2.23. The van der Waals surface area contributed by atoms with Gasteiger partial charge >= 0.3 is 0 Å². The highest BCUT2D eigenvalue weighted by Gasteiger charge is 2.12. The van der Waals surface area contributed by atoms with E-state index in [1.165, 1.54) is 12.1 Å². The van der Waals surface area contributed by atoms with Crippen LogP contribution in [0.4, 0.5) is 8.78 Å². The summed E-state index contributed by atoms with van der Waals surface area (Å²) >= 11 is 5.85. The van der Waals surface area contributed by atoms with Gasteiger partial charge in [0.15, 0.2) is 23.6 Å². The van der Waals surface area contributed by atoms with Crippen LogP contribution in [0.2, 0.25) is 5.02 Å². The van der Waals surface area contributed by atoms with Gasteiger partial charge in [-0.3, -0.25) is 4.79 Å². The molecular formula is C13H7ClF2O2. The van der Waals surface area contributed by atoms with E-state index in [2.05, 4.69) is 0 Å². The predicted molar refractivity (Wildman–Crippen MR) is 63.3 cm³/mol. The van der Waals surface area contributed by atoms with Gasteiger partial charge in [-0.2, -0.15) is 0 Å². The molecule has 0 aromatic heterocycles. The van der Waals surface area contributed by atoms with Gasteiger partial charge in [-0.25, -0.2) is 8.78 Å². The molecule has 0 spiro atoms. The van der Waals surface area contributed by atoms with Gasteiger partial charge in [0.25, 0.3) is 0 Å².